The average Bonchev–Trinajstić information content (AvgIpc) is 2.65. The summed E-state index contributed by atoms with van der Waals surface area (Å²) in [4.78, 5) is 0. The number of methoxy groups -OCH3 is 2. The Morgan fingerprint density at radius 3 is 2.31 bits per heavy atom. The van der Waals surface area contributed by atoms with Gasteiger partial charge in [-0.15, -0.1) is 0 Å². The Morgan fingerprint density at radius 1 is 1.04 bits per heavy atom. The van der Waals surface area contributed by atoms with E-state index in [0.29, 0.717) is 16.8 Å². The van der Waals surface area contributed by atoms with E-state index in [1.54, 1.807) is 14.2 Å². The number of hydrogen-bond donors (Lipinski definition) is 2. The Morgan fingerprint density at radius 2 is 1.73 bits per heavy atom. The molecule has 0 heterocycles. The molecule has 0 spiro atoms. The highest BCUT2D eigenvalue weighted by Gasteiger charge is 2.08. The molecule has 0 radical (unpaired) electrons. The molecule has 0 aliphatic carbocycles. The van der Waals surface area contributed by atoms with Crippen molar-refractivity contribution in [1.29, 1.82) is 0 Å². The zero-order chi connectivity index (χ0) is 19.1. The highest BCUT2D eigenvalue weighted by Crippen LogP contribution is 2.25. The van der Waals surface area contributed by atoms with E-state index < -0.39 is 0 Å². The summed E-state index contributed by atoms with van der Waals surface area (Å²) in [5, 5.41) is 7.89. The van der Waals surface area contributed by atoms with Gasteiger partial charge in [0, 0.05) is 17.3 Å². The van der Waals surface area contributed by atoms with Gasteiger partial charge in [0.2, 0.25) is 0 Å². The molecule has 0 fully saturated rings. The number of thiocarbonyl (C=S) groups is 1. The quantitative estimate of drug-likeness (QED) is 0.444. The van der Waals surface area contributed by atoms with Crippen LogP contribution in [0, 0.1) is 0 Å². The molecule has 0 saturated carbocycles. The lowest BCUT2D eigenvalue weighted by Crippen LogP contribution is -2.25. The van der Waals surface area contributed by atoms with E-state index in [9.17, 15) is 0 Å². The summed E-state index contributed by atoms with van der Waals surface area (Å²) in [6.07, 6.45) is 0. The summed E-state index contributed by atoms with van der Waals surface area (Å²) in [7, 11) is 3.24. The van der Waals surface area contributed by atoms with Crippen LogP contribution >= 0.6 is 12.2 Å². The molecule has 2 aromatic rings. The van der Waals surface area contributed by atoms with E-state index >= 15 is 0 Å². The SMILES string of the molecule is COc1ccc(C(C)=NNC(=S)Nc2ccc(C(C)C)cc2)c(OC)c1. The fourth-order valence-electron chi connectivity index (χ4n) is 2.40. The molecule has 2 rings (SSSR count). The summed E-state index contributed by atoms with van der Waals surface area (Å²) in [5.41, 5.74) is 6.69. The van der Waals surface area contributed by atoms with Crippen LogP contribution in [0.3, 0.4) is 0 Å². The highest BCUT2D eigenvalue weighted by molar-refractivity contribution is 7.80. The van der Waals surface area contributed by atoms with Crippen molar-refractivity contribution in [2.45, 2.75) is 26.7 Å². The Hall–Kier alpha value is -2.60. The van der Waals surface area contributed by atoms with Crippen LogP contribution in [-0.4, -0.2) is 25.0 Å². The molecule has 0 aliphatic heterocycles. The molecule has 0 aromatic heterocycles. The van der Waals surface area contributed by atoms with Gasteiger partial charge >= 0.3 is 0 Å². The number of anilines is 1. The maximum atomic E-state index is 5.40. The molecule has 0 unspecified atom stereocenters. The van der Waals surface area contributed by atoms with Gasteiger partial charge in [-0.05, 0) is 54.9 Å². The number of benzene rings is 2. The summed E-state index contributed by atoms with van der Waals surface area (Å²) in [6, 6.07) is 13.8. The van der Waals surface area contributed by atoms with Gasteiger partial charge in [-0.1, -0.05) is 26.0 Å². The number of hydrogen-bond acceptors (Lipinski definition) is 4. The molecule has 6 heteroatoms. The van der Waals surface area contributed by atoms with Crippen LogP contribution in [-0.2, 0) is 0 Å². The van der Waals surface area contributed by atoms with Crippen molar-refractivity contribution < 1.29 is 9.47 Å². The Kier molecular flexibility index (Phi) is 6.97. The second-order valence-electron chi connectivity index (χ2n) is 6.11. The van der Waals surface area contributed by atoms with Crippen LogP contribution in [0.25, 0.3) is 0 Å². The molecule has 5 nitrogen and oxygen atoms in total. The first-order valence-corrected chi connectivity index (χ1v) is 8.79. The monoisotopic (exact) mass is 371 g/mol. The van der Waals surface area contributed by atoms with Crippen molar-refractivity contribution in [2.75, 3.05) is 19.5 Å². The lowest BCUT2D eigenvalue weighted by Gasteiger charge is -2.12. The van der Waals surface area contributed by atoms with E-state index in [-0.39, 0.29) is 0 Å². The first-order chi connectivity index (χ1) is 12.4. The van der Waals surface area contributed by atoms with Gasteiger partial charge in [0.15, 0.2) is 5.11 Å². The summed E-state index contributed by atoms with van der Waals surface area (Å²) < 4.78 is 10.6. The third-order valence-electron chi connectivity index (χ3n) is 3.96. The molecule has 0 amide bonds. The number of rotatable bonds is 6. The van der Waals surface area contributed by atoms with Crippen LogP contribution in [0.4, 0.5) is 5.69 Å². The fraction of sp³-hybridized carbons (Fsp3) is 0.300. The average molecular weight is 372 g/mol. The van der Waals surface area contributed by atoms with Crippen molar-refractivity contribution in [3.8, 4) is 11.5 Å². The van der Waals surface area contributed by atoms with Crippen LogP contribution in [0.2, 0.25) is 0 Å². The fourth-order valence-corrected chi connectivity index (χ4v) is 2.57. The molecule has 138 valence electrons. The number of hydrazone groups is 1. The van der Waals surface area contributed by atoms with Crippen LogP contribution in [0.5, 0.6) is 11.5 Å². The summed E-state index contributed by atoms with van der Waals surface area (Å²) >= 11 is 5.31. The van der Waals surface area contributed by atoms with E-state index in [0.717, 1.165) is 22.7 Å². The number of ether oxygens (including phenoxy) is 2. The molecule has 2 N–H and O–H groups in total. The Bertz CT molecular complexity index is 786. The molecular formula is C20H25N3O2S. The van der Waals surface area contributed by atoms with Gasteiger partial charge < -0.3 is 14.8 Å². The minimum atomic E-state index is 0.425. The minimum Gasteiger partial charge on any atom is -0.497 e. The van der Waals surface area contributed by atoms with Crippen molar-refractivity contribution in [1.82, 2.24) is 5.43 Å². The minimum absolute atomic E-state index is 0.425. The van der Waals surface area contributed by atoms with Gasteiger partial charge in [0.25, 0.3) is 0 Å². The van der Waals surface area contributed by atoms with E-state index in [2.05, 4.69) is 41.8 Å². The van der Waals surface area contributed by atoms with Crippen molar-refractivity contribution in [2.24, 2.45) is 5.10 Å². The summed E-state index contributed by atoms with van der Waals surface area (Å²) in [6.45, 7) is 6.22. The topological polar surface area (TPSA) is 54.9 Å². The first kappa shape index (κ1) is 19.7. The Labute approximate surface area is 160 Å². The molecule has 26 heavy (non-hydrogen) atoms. The zero-order valence-electron chi connectivity index (χ0n) is 15.8. The number of nitrogens with zero attached hydrogens (tertiary/aromatic N) is 1. The first-order valence-electron chi connectivity index (χ1n) is 8.38. The zero-order valence-corrected chi connectivity index (χ0v) is 16.6. The van der Waals surface area contributed by atoms with E-state index in [1.807, 2.05) is 37.3 Å². The van der Waals surface area contributed by atoms with Gasteiger partial charge in [-0.25, -0.2) is 0 Å². The molecule has 0 aliphatic rings. The van der Waals surface area contributed by atoms with Gasteiger partial charge in [-0.2, -0.15) is 5.10 Å². The normalized spacial score (nSPS) is 11.2. The lowest BCUT2D eigenvalue weighted by molar-refractivity contribution is 0.394. The largest absolute Gasteiger partial charge is 0.497 e. The molecular weight excluding hydrogens is 346 g/mol. The van der Waals surface area contributed by atoms with Crippen LogP contribution < -0.4 is 20.2 Å². The molecule has 0 bridgehead atoms. The standard InChI is InChI=1S/C20H25N3O2S/c1-13(2)15-6-8-16(9-7-15)21-20(26)23-22-14(3)18-11-10-17(24-4)12-19(18)25-5/h6-13H,1-5H3,(H2,21,23,26). The van der Waals surface area contributed by atoms with E-state index in [4.69, 9.17) is 21.7 Å². The Balaban J connectivity index is 2.03. The van der Waals surface area contributed by atoms with Gasteiger partial charge in [0.1, 0.15) is 11.5 Å². The maximum absolute atomic E-state index is 5.40. The smallest absolute Gasteiger partial charge is 0.191 e. The van der Waals surface area contributed by atoms with Crippen molar-refractivity contribution >= 4 is 28.7 Å². The van der Waals surface area contributed by atoms with Crippen molar-refractivity contribution in [3.63, 3.8) is 0 Å². The molecule has 2 aromatic carbocycles. The second kappa shape index (κ2) is 9.20. The predicted octanol–water partition coefficient (Wildman–Crippen LogP) is 4.54. The lowest BCUT2D eigenvalue weighted by atomic mass is 10.0. The molecule has 0 atom stereocenters. The number of nitrogens with one attached hydrogen (secondary N) is 2. The van der Waals surface area contributed by atoms with Gasteiger partial charge in [0.05, 0.1) is 19.9 Å². The third kappa shape index (κ3) is 5.20. The highest BCUT2D eigenvalue weighted by atomic mass is 32.1. The van der Waals surface area contributed by atoms with Crippen LogP contribution in [0.1, 0.15) is 37.8 Å². The molecule has 0 saturated heterocycles. The third-order valence-corrected chi connectivity index (χ3v) is 4.15. The maximum Gasteiger partial charge on any atom is 0.191 e. The predicted molar refractivity (Wildman–Crippen MR) is 112 cm³/mol. The summed E-state index contributed by atoms with van der Waals surface area (Å²) in [5.74, 6) is 1.92. The van der Waals surface area contributed by atoms with Crippen molar-refractivity contribution in [3.05, 3.63) is 53.6 Å². The van der Waals surface area contributed by atoms with Crippen LogP contribution in [0.15, 0.2) is 47.6 Å². The van der Waals surface area contributed by atoms with Gasteiger partial charge in [-0.3, -0.25) is 5.43 Å². The second-order valence-corrected chi connectivity index (χ2v) is 6.51. The van der Waals surface area contributed by atoms with E-state index in [1.165, 1.54) is 5.56 Å².